The van der Waals surface area contributed by atoms with Crippen molar-refractivity contribution in [1.82, 2.24) is 0 Å². The smallest absolute Gasteiger partial charge is 0.375 e. The van der Waals surface area contributed by atoms with Crippen LogP contribution in [-0.4, -0.2) is 36.6 Å². The van der Waals surface area contributed by atoms with Crippen LogP contribution in [0.5, 0.6) is 0 Å². The Balaban J connectivity index is 2.40. The van der Waals surface area contributed by atoms with Crippen molar-refractivity contribution in [3.05, 3.63) is 29.8 Å². The van der Waals surface area contributed by atoms with E-state index in [1.165, 1.54) is 17.9 Å². The third-order valence-corrected chi connectivity index (χ3v) is 3.32. The Kier molecular flexibility index (Phi) is 4.16. The second-order valence-electron chi connectivity index (χ2n) is 4.65. The summed E-state index contributed by atoms with van der Waals surface area (Å²) in [6, 6.07) is 6.53. The highest BCUT2D eigenvalue weighted by atomic mass is 16.5. The summed E-state index contributed by atoms with van der Waals surface area (Å²) in [7, 11) is 0. The van der Waals surface area contributed by atoms with Gasteiger partial charge in [0.15, 0.2) is 5.78 Å². The summed E-state index contributed by atoms with van der Waals surface area (Å²) < 4.78 is 4.64. The number of fused-ring (bicyclic) bond motifs is 1. The summed E-state index contributed by atoms with van der Waals surface area (Å²) in [4.78, 5) is 49.0. The maximum atomic E-state index is 12.4. The van der Waals surface area contributed by atoms with Gasteiger partial charge in [-0.1, -0.05) is 12.1 Å². The molecule has 0 saturated carbocycles. The third-order valence-electron chi connectivity index (χ3n) is 3.32. The van der Waals surface area contributed by atoms with Gasteiger partial charge in [0.05, 0.1) is 12.3 Å². The van der Waals surface area contributed by atoms with Gasteiger partial charge in [-0.3, -0.25) is 14.4 Å². The molecule has 6 nitrogen and oxygen atoms in total. The SMILES string of the molecule is CCOC(=O)C(=O)C1CN(C(C)=O)c2ccccc2C1=O. The Labute approximate surface area is 121 Å². The molecule has 1 amide bonds. The Morgan fingerprint density at radius 2 is 1.95 bits per heavy atom. The average Bonchev–Trinajstić information content (AvgIpc) is 2.47. The number of rotatable bonds is 3. The molecule has 110 valence electrons. The number of hydrogen-bond donors (Lipinski definition) is 0. The van der Waals surface area contributed by atoms with Gasteiger partial charge in [-0.05, 0) is 19.1 Å². The average molecular weight is 289 g/mol. The molecule has 0 bridgehead atoms. The number of para-hydroxylation sites is 1. The minimum absolute atomic E-state index is 0.0541. The molecule has 0 aromatic heterocycles. The Bertz CT molecular complexity index is 622. The van der Waals surface area contributed by atoms with Gasteiger partial charge in [-0.15, -0.1) is 0 Å². The van der Waals surface area contributed by atoms with Crippen molar-refractivity contribution in [2.75, 3.05) is 18.1 Å². The van der Waals surface area contributed by atoms with E-state index in [2.05, 4.69) is 4.74 Å². The first kappa shape index (κ1) is 14.9. The maximum Gasteiger partial charge on any atom is 0.375 e. The van der Waals surface area contributed by atoms with Crippen LogP contribution in [-0.2, 0) is 19.1 Å². The number of hydrogen-bond acceptors (Lipinski definition) is 5. The van der Waals surface area contributed by atoms with E-state index in [-0.39, 0.29) is 24.6 Å². The number of nitrogens with zero attached hydrogens (tertiary/aromatic N) is 1. The van der Waals surface area contributed by atoms with Crippen LogP contribution in [0, 0.1) is 5.92 Å². The van der Waals surface area contributed by atoms with E-state index in [9.17, 15) is 19.2 Å². The van der Waals surface area contributed by atoms with Crippen molar-refractivity contribution in [3.63, 3.8) is 0 Å². The fourth-order valence-electron chi connectivity index (χ4n) is 2.31. The molecular formula is C15H15NO5. The summed E-state index contributed by atoms with van der Waals surface area (Å²) in [5.41, 5.74) is 0.726. The minimum atomic E-state index is -1.21. The first-order valence-corrected chi connectivity index (χ1v) is 6.59. The van der Waals surface area contributed by atoms with Crippen LogP contribution < -0.4 is 4.90 Å². The van der Waals surface area contributed by atoms with E-state index in [4.69, 9.17) is 0 Å². The molecule has 1 unspecified atom stereocenters. The third kappa shape index (κ3) is 2.69. The van der Waals surface area contributed by atoms with Crippen molar-refractivity contribution in [2.45, 2.75) is 13.8 Å². The molecule has 6 heteroatoms. The lowest BCUT2D eigenvalue weighted by Crippen LogP contribution is -2.47. The van der Waals surface area contributed by atoms with Gasteiger partial charge in [0.1, 0.15) is 5.92 Å². The second kappa shape index (κ2) is 5.87. The zero-order valence-electron chi connectivity index (χ0n) is 11.8. The number of amides is 1. The molecule has 0 N–H and O–H groups in total. The van der Waals surface area contributed by atoms with Crippen molar-refractivity contribution in [2.24, 2.45) is 5.92 Å². The molecule has 1 aliphatic rings. The number of carbonyl (C=O) groups excluding carboxylic acids is 4. The fraction of sp³-hybridized carbons (Fsp3) is 0.333. The van der Waals surface area contributed by atoms with Crippen LogP contribution in [0.1, 0.15) is 24.2 Å². The summed E-state index contributed by atoms with van der Waals surface area (Å²) in [5.74, 6) is -3.91. The molecule has 1 heterocycles. The van der Waals surface area contributed by atoms with Crippen LogP contribution in [0.3, 0.4) is 0 Å². The van der Waals surface area contributed by atoms with Crippen LogP contribution in [0.2, 0.25) is 0 Å². The zero-order chi connectivity index (χ0) is 15.6. The molecule has 0 aliphatic carbocycles. The molecule has 1 aromatic rings. The molecule has 1 aliphatic heterocycles. The number of carbonyl (C=O) groups is 4. The Morgan fingerprint density at radius 1 is 1.29 bits per heavy atom. The summed E-state index contributed by atoms with van der Waals surface area (Å²) >= 11 is 0. The minimum Gasteiger partial charge on any atom is -0.460 e. The number of anilines is 1. The summed E-state index contributed by atoms with van der Waals surface area (Å²) in [5, 5.41) is 0. The molecule has 0 spiro atoms. The van der Waals surface area contributed by atoms with E-state index < -0.39 is 23.5 Å². The van der Waals surface area contributed by atoms with Gasteiger partial charge in [-0.25, -0.2) is 4.79 Å². The lowest BCUT2D eigenvalue weighted by molar-refractivity contribution is -0.154. The van der Waals surface area contributed by atoms with Crippen molar-refractivity contribution >= 4 is 29.1 Å². The van der Waals surface area contributed by atoms with Crippen LogP contribution >= 0.6 is 0 Å². The van der Waals surface area contributed by atoms with Crippen LogP contribution in [0.15, 0.2) is 24.3 Å². The maximum absolute atomic E-state index is 12.4. The Hall–Kier alpha value is -2.50. The molecule has 21 heavy (non-hydrogen) atoms. The molecule has 1 aromatic carbocycles. The normalized spacial score (nSPS) is 17.1. The van der Waals surface area contributed by atoms with E-state index in [1.54, 1.807) is 25.1 Å². The van der Waals surface area contributed by atoms with Gasteiger partial charge in [0, 0.05) is 19.0 Å². The monoisotopic (exact) mass is 289 g/mol. The van der Waals surface area contributed by atoms with Gasteiger partial charge >= 0.3 is 5.97 Å². The first-order valence-electron chi connectivity index (χ1n) is 6.59. The number of Topliss-reactive ketones (excluding diaryl/α,β-unsaturated/α-hetero) is 2. The van der Waals surface area contributed by atoms with Gasteiger partial charge in [-0.2, -0.15) is 0 Å². The zero-order valence-corrected chi connectivity index (χ0v) is 11.8. The van der Waals surface area contributed by atoms with Gasteiger partial charge < -0.3 is 9.64 Å². The Morgan fingerprint density at radius 3 is 2.57 bits per heavy atom. The van der Waals surface area contributed by atoms with Crippen molar-refractivity contribution in [3.8, 4) is 0 Å². The highest BCUT2D eigenvalue weighted by molar-refractivity contribution is 6.40. The van der Waals surface area contributed by atoms with E-state index in [0.717, 1.165) is 0 Å². The predicted molar refractivity (Wildman–Crippen MR) is 73.9 cm³/mol. The number of ketones is 2. The van der Waals surface area contributed by atoms with E-state index in [1.807, 2.05) is 0 Å². The number of ether oxygens (including phenoxy) is 1. The second-order valence-corrected chi connectivity index (χ2v) is 4.65. The molecular weight excluding hydrogens is 274 g/mol. The molecule has 1 atom stereocenters. The van der Waals surface area contributed by atoms with Crippen molar-refractivity contribution in [1.29, 1.82) is 0 Å². The van der Waals surface area contributed by atoms with Crippen LogP contribution in [0.25, 0.3) is 0 Å². The molecule has 0 fully saturated rings. The molecule has 0 saturated heterocycles. The van der Waals surface area contributed by atoms with E-state index in [0.29, 0.717) is 5.69 Å². The van der Waals surface area contributed by atoms with Crippen LogP contribution in [0.4, 0.5) is 5.69 Å². The number of benzene rings is 1. The van der Waals surface area contributed by atoms with E-state index >= 15 is 0 Å². The topological polar surface area (TPSA) is 80.8 Å². The highest BCUT2D eigenvalue weighted by Crippen LogP contribution is 2.30. The molecule has 0 radical (unpaired) electrons. The fourth-order valence-corrected chi connectivity index (χ4v) is 2.31. The molecule has 2 rings (SSSR count). The predicted octanol–water partition coefficient (Wildman–Crippen LogP) is 0.984. The summed E-state index contributed by atoms with van der Waals surface area (Å²) in [6.45, 7) is 2.84. The van der Waals surface area contributed by atoms with Gasteiger partial charge in [0.2, 0.25) is 5.91 Å². The first-order chi connectivity index (χ1) is 9.97. The standard InChI is InChI=1S/C15H15NO5/c1-3-21-15(20)14(19)11-8-16(9(2)17)12-7-5-4-6-10(12)13(11)18/h4-7,11H,3,8H2,1-2H3. The summed E-state index contributed by atoms with van der Waals surface area (Å²) in [6.07, 6.45) is 0. The number of esters is 1. The quantitative estimate of drug-likeness (QED) is 0.471. The largest absolute Gasteiger partial charge is 0.460 e. The lowest BCUT2D eigenvalue weighted by Gasteiger charge is -2.31. The van der Waals surface area contributed by atoms with Gasteiger partial charge in [0.25, 0.3) is 5.78 Å². The highest BCUT2D eigenvalue weighted by Gasteiger charge is 2.40. The lowest BCUT2D eigenvalue weighted by atomic mass is 9.88. The van der Waals surface area contributed by atoms with Crippen molar-refractivity contribution < 1.29 is 23.9 Å².